The van der Waals surface area contributed by atoms with Gasteiger partial charge in [0, 0.05) is 5.56 Å². The Kier molecular flexibility index (Phi) is 5.58. The van der Waals surface area contributed by atoms with Crippen molar-refractivity contribution in [3.63, 3.8) is 0 Å². The van der Waals surface area contributed by atoms with Crippen molar-refractivity contribution in [1.29, 1.82) is 0 Å². The topological polar surface area (TPSA) is 81.9 Å². The van der Waals surface area contributed by atoms with Gasteiger partial charge in [0.2, 0.25) is 11.7 Å². The first-order chi connectivity index (χ1) is 12.7. The summed E-state index contributed by atoms with van der Waals surface area (Å²) in [4.78, 5) is 13.6. The molecule has 26 heavy (non-hydrogen) atoms. The Bertz CT molecular complexity index is 877. The molecule has 1 amide bonds. The van der Waals surface area contributed by atoms with Crippen LogP contribution in [-0.2, 0) is 11.3 Å². The van der Waals surface area contributed by atoms with Gasteiger partial charge in [0.25, 0.3) is 0 Å². The average Bonchev–Trinajstić information content (AvgIpc) is 3.11. The Morgan fingerprint density at radius 3 is 2.77 bits per heavy atom. The summed E-state index contributed by atoms with van der Waals surface area (Å²) in [6.07, 6.45) is 0.895. The molecule has 0 fully saturated rings. The second-order valence-electron chi connectivity index (χ2n) is 5.91. The predicted octanol–water partition coefficient (Wildman–Crippen LogP) is 3.08. The summed E-state index contributed by atoms with van der Waals surface area (Å²) in [5.41, 5.74) is 2.56. The molecular formula is C19H21N5O2. The minimum Gasteiger partial charge on any atom is -0.491 e. The first-order valence-electron chi connectivity index (χ1n) is 8.52. The number of carbonyl (C=O) groups is 1. The van der Waals surface area contributed by atoms with Crippen molar-refractivity contribution in [3.8, 4) is 17.1 Å². The van der Waals surface area contributed by atoms with Gasteiger partial charge in [-0.1, -0.05) is 43.3 Å². The largest absolute Gasteiger partial charge is 0.491 e. The molecule has 3 rings (SSSR count). The summed E-state index contributed by atoms with van der Waals surface area (Å²) in [6, 6.07) is 15.2. The third-order valence-corrected chi connectivity index (χ3v) is 3.64. The van der Waals surface area contributed by atoms with E-state index in [0.717, 1.165) is 17.5 Å². The summed E-state index contributed by atoms with van der Waals surface area (Å²) in [7, 11) is 0. The van der Waals surface area contributed by atoms with Gasteiger partial charge in [-0.05, 0) is 36.3 Å². The van der Waals surface area contributed by atoms with Crippen LogP contribution in [0.25, 0.3) is 11.4 Å². The Morgan fingerprint density at radius 2 is 2.00 bits per heavy atom. The average molecular weight is 351 g/mol. The summed E-state index contributed by atoms with van der Waals surface area (Å²) in [5.74, 6) is 0.907. The fourth-order valence-corrected chi connectivity index (χ4v) is 2.40. The van der Waals surface area contributed by atoms with Gasteiger partial charge in [-0.15, -0.1) is 10.2 Å². The number of aryl methyl sites for hydroxylation is 1. The zero-order chi connectivity index (χ0) is 18.4. The molecule has 0 saturated carbocycles. The maximum Gasteiger partial charge on any atom is 0.248 e. The van der Waals surface area contributed by atoms with Crippen molar-refractivity contribution in [1.82, 2.24) is 20.2 Å². The molecular weight excluding hydrogens is 330 g/mol. The van der Waals surface area contributed by atoms with Gasteiger partial charge in [-0.25, -0.2) is 0 Å². The molecule has 0 unspecified atom stereocenters. The molecule has 1 heterocycles. The number of tetrazole rings is 1. The molecule has 7 nitrogen and oxygen atoms in total. The number of aromatic nitrogens is 4. The lowest BCUT2D eigenvalue weighted by molar-refractivity contribution is -0.117. The first-order valence-corrected chi connectivity index (χ1v) is 8.52. The molecule has 0 radical (unpaired) electrons. The number of hydrogen-bond acceptors (Lipinski definition) is 5. The van der Waals surface area contributed by atoms with E-state index in [1.807, 2.05) is 62.4 Å². The molecule has 0 aliphatic rings. The third kappa shape index (κ3) is 4.44. The molecule has 1 aromatic heterocycles. The number of hydrogen-bond donors (Lipinski definition) is 1. The maximum atomic E-state index is 12.3. The molecule has 7 heteroatoms. The van der Waals surface area contributed by atoms with E-state index < -0.39 is 0 Å². The minimum atomic E-state index is -0.243. The smallest absolute Gasteiger partial charge is 0.248 e. The zero-order valence-corrected chi connectivity index (χ0v) is 14.8. The fourth-order valence-electron chi connectivity index (χ4n) is 2.40. The number of benzene rings is 2. The van der Waals surface area contributed by atoms with Gasteiger partial charge >= 0.3 is 0 Å². The molecule has 0 aliphatic carbocycles. The van der Waals surface area contributed by atoms with Crippen molar-refractivity contribution < 1.29 is 9.53 Å². The minimum absolute atomic E-state index is 0.0269. The highest BCUT2D eigenvalue weighted by Gasteiger charge is 2.12. The van der Waals surface area contributed by atoms with Crippen molar-refractivity contribution in [2.75, 3.05) is 11.9 Å². The lowest BCUT2D eigenvalue weighted by Gasteiger charge is -2.12. The van der Waals surface area contributed by atoms with E-state index in [4.69, 9.17) is 4.74 Å². The standard InChI is InChI=1S/C19H21N5O2/c1-3-11-26-17-12-14(2)9-10-16(17)20-18(25)13-24-22-19(21-23-24)15-7-5-4-6-8-15/h4-10,12H,3,11,13H2,1-2H3,(H,20,25). The number of rotatable bonds is 7. The van der Waals surface area contributed by atoms with Crippen LogP contribution >= 0.6 is 0 Å². The van der Waals surface area contributed by atoms with E-state index >= 15 is 0 Å². The summed E-state index contributed by atoms with van der Waals surface area (Å²) in [6.45, 7) is 4.59. The molecule has 0 saturated heterocycles. The van der Waals surface area contributed by atoms with Crippen LogP contribution in [0, 0.1) is 6.92 Å². The van der Waals surface area contributed by atoms with E-state index in [2.05, 4.69) is 20.7 Å². The van der Waals surface area contributed by atoms with Gasteiger partial charge in [0.1, 0.15) is 12.3 Å². The SMILES string of the molecule is CCCOc1cc(C)ccc1NC(=O)Cn1nnc(-c2ccccc2)n1. The van der Waals surface area contributed by atoms with E-state index in [9.17, 15) is 4.79 Å². The molecule has 0 bridgehead atoms. The molecule has 134 valence electrons. The fraction of sp³-hybridized carbons (Fsp3) is 0.263. The Balaban J connectivity index is 1.67. The lowest BCUT2D eigenvalue weighted by atomic mass is 10.2. The van der Waals surface area contributed by atoms with Crippen LogP contribution in [0.1, 0.15) is 18.9 Å². The van der Waals surface area contributed by atoms with E-state index in [-0.39, 0.29) is 12.5 Å². The highest BCUT2D eigenvalue weighted by Crippen LogP contribution is 2.26. The monoisotopic (exact) mass is 351 g/mol. The van der Waals surface area contributed by atoms with E-state index in [0.29, 0.717) is 23.9 Å². The van der Waals surface area contributed by atoms with Crippen LogP contribution in [-0.4, -0.2) is 32.7 Å². The van der Waals surface area contributed by atoms with Crippen molar-refractivity contribution in [2.45, 2.75) is 26.8 Å². The highest BCUT2D eigenvalue weighted by atomic mass is 16.5. The van der Waals surface area contributed by atoms with Crippen molar-refractivity contribution >= 4 is 11.6 Å². The van der Waals surface area contributed by atoms with Crippen LogP contribution in [0.2, 0.25) is 0 Å². The molecule has 0 aliphatic heterocycles. The maximum absolute atomic E-state index is 12.3. The molecule has 0 spiro atoms. The normalized spacial score (nSPS) is 10.5. The number of ether oxygens (including phenoxy) is 1. The summed E-state index contributed by atoms with van der Waals surface area (Å²) < 4.78 is 5.72. The van der Waals surface area contributed by atoms with Gasteiger partial charge < -0.3 is 10.1 Å². The predicted molar refractivity (Wildman–Crippen MR) is 98.8 cm³/mol. The Labute approximate surface area is 152 Å². The van der Waals surface area contributed by atoms with Crippen LogP contribution in [0.5, 0.6) is 5.75 Å². The van der Waals surface area contributed by atoms with E-state index in [1.54, 1.807) is 0 Å². The number of amides is 1. The Hall–Kier alpha value is -3.22. The van der Waals surface area contributed by atoms with Crippen LogP contribution in [0.15, 0.2) is 48.5 Å². The van der Waals surface area contributed by atoms with Crippen LogP contribution < -0.4 is 10.1 Å². The van der Waals surface area contributed by atoms with E-state index in [1.165, 1.54) is 4.80 Å². The number of anilines is 1. The molecule has 1 N–H and O–H groups in total. The Morgan fingerprint density at radius 1 is 1.19 bits per heavy atom. The molecule has 2 aromatic carbocycles. The quantitative estimate of drug-likeness (QED) is 0.707. The summed E-state index contributed by atoms with van der Waals surface area (Å²) in [5, 5.41) is 15.0. The van der Waals surface area contributed by atoms with Gasteiger partial charge in [-0.2, -0.15) is 4.80 Å². The second kappa shape index (κ2) is 8.24. The summed E-state index contributed by atoms with van der Waals surface area (Å²) >= 11 is 0. The van der Waals surface area contributed by atoms with Crippen molar-refractivity contribution in [2.24, 2.45) is 0 Å². The number of nitrogens with one attached hydrogen (secondary N) is 1. The van der Waals surface area contributed by atoms with Gasteiger partial charge in [0.15, 0.2) is 0 Å². The number of nitrogens with zero attached hydrogens (tertiary/aromatic N) is 4. The van der Waals surface area contributed by atoms with Gasteiger partial charge in [0.05, 0.1) is 12.3 Å². The first kappa shape index (κ1) is 17.6. The van der Waals surface area contributed by atoms with Crippen LogP contribution in [0.4, 0.5) is 5.69 Å². The molecule has 0 atom stereocenters. The molecule has 3 aromatic rings. The lowest BCUT2D eigenvalue weighted by Crippen LogP contribution is -2.21. The van der Waals surface area contributed by atoms with Gasteiger partial charge in [-0.3, -0.25) is 4.79 Å². The second-order valence-corrected chi connectivity index (χ2v) is 5.91. The zero-order valence-electron chi connectivity index (χ0n) is 14.8. The number of carbonyl (C=O) groups excluding carboxylic acids is 1. The third-order valence-electron chi connectivity index (χ3n) is 3.64. The highest BCUT2D eigenvalue weighted by molar-refractivity contribution is 5.92. The van der Waals surface area contributed by atoms with Crippen molar-refractivity contribution in [3.05, 3.63) is 54.1 Å². The van der Waals surface area contributed by atoms with Crippen LogP contribution in [0.3, 0.4) is 0 Å².